The molecule has 2 aromatic rings. The lowest BCUT2D eigenvalue weighted by Gasteiger charge is -2.17. The van der Waals surface area contributed by atoms with E-state index in [1.165, 1.54) is 0 Å². The van der Waals surface area contributed by atoms with Gasteiger partial charge in [0.1, 0.15) is 6.20 Å². The second-order valence-corrected chi connectivity index (χ2v) is 4.83. The van der Waals surface area contributed by atoms with Crippen molar-refractivity contribution in [2.24, 2.45) is 0 Å². The molecule has 0 aliphatic heterocycles. The zero-order valence-electron chi connectivity index (χ0n) is 12.7. The molecule has 0 bridgehead atoms. The van der Waals surface area contributed by atoms with Crippen LogP contribution in [0.1, 0.15) is 15.9 Å². The van der Waals surface area contributed by atoms with E-state index in [1.54, 1.807) is 31.1 Å². The van der Waals surface area contributed by atoms with Crippen LogP contribution in [0.2, 0.25) is 0 Å². The van der Waals surface area contributed by atoms with Crippen molar-refractivity contribution in [3.8, 4) is 0 Å². The molecule has 1 heterocycles. The fraction of sp³-hybridized carbons (Fsp3) is 0.214. The molecular formula is C14H16N6O3. The van der Waals surface area contributed by atoms with Gasteiger partial charge in [-0.1, -0.05) is 12.1 Å². The molecule has 0 radical (unpaired) electrons. The summed E-state index contributed by atoms with van der Waals surface area (Å²) in [5, 5.41) is 13.3. The summed E-state index contributed by atoms with van der Waals surface area (Å²) < 4.78 is 0. The molecule has 23 heavy (non-hydrogen) atoms. The van der Waals surface area contributed by atoms with Crippen molar-refractivity contribution in [1.29, 1.82) is 0 Å². The number of carbonyl (C=O) groups is 1. The molecule has 9 heteroatoms. The van der Waals surface area contributed by atoms with Gasteiger partial charge in [0, 0.05) is 26.2 Å². The van der Waals surface area contributed by atoms with E-state index in [0.717, 1.165) is 11.8 Å². The predicted molar refractivity (Wildman–Crippen MR) is 85.0 cm³/mol. The van der Waals surface area contributed by atoms with Gasteiger partial charge in [0.25, 0.3) is 5.91 Å². The number of nitrogens with two attached hydrogens (primary N) is 1. The van der Waals surface area contributed by atoms with Crippen LogP contribution >= 0.6 is 0 Å². The molecule has 0 atom stereocenters. The van der Waals surface area contributed by atoms with Crippen LogP contribution in [0.4, 0.5) is 17.5 Å². The third-order valence-electron chi connectivity index (χ3n) is 3.19. The van der Waals surface area contributed by atoms with E-state index in [2.05, 4.69) is 15.3 Å². The lowest BCUT2D eigenvalue weighted by atomic mass is 10.1. The molecule has 3 N–H and O–H groups in total. The van der Waals surface area contributed by atoms with Gasteiger partial charge in [-0.05, 0) is 17.7 Å². The number of nitro groups is 1. The summed E-state index contributed by atoms with van der Waals surface area (Å²) in [5.41, 5.74) is 6.73. The molecule has 9 nitrogen and oxygen atoms in total. The maximum atomic E-state index is 11.5. The Bertz CT molecular complexity index is 732. The fourth-order valence-corrected chi connectivity index (χ4v) is 1.95. The second-order valence-electron chi connectivity index (χ2n) is 4.83. The van der Waals surface area contributed by atoms with Crippen molar-refractivity contribution in [1.82, 2.24) is 15.3 Å². The van der Waals surface area contributed by atoms with E-state index in [9.17, 15) is 14.9 Å². The minimum Gasteiger partial charge on any atom is -0.378 e. The number of benzene rings is 1. The van der Waals surface area contributed by atoms with Gasteiger partial charge >= 0.3 is 5.69 Å². The van der Waals surface area contributed by atoms with Crippen molar-refractivity contribution >= 4 is 23.4 Å². The van der Waals surface area contributed by atoms with Crippen LogP contribution in [-0.2, 0) is 6.54 Å². The number of carbonyl (C=O) groups excluding carboxylic acids is 1. The Labute approximate surface area is 132 Å². The lowest BCUT2D eigenvalue weighted by Crippen LogP contribution is -2.20. The van der Waals surface area contributed by atoms with Crippen LogP contribution in [-0.4, -0.2) is 34.9 Å². The molecule has 1 aromatic heterocycles. The van der Waals surface area contributed by atoms with Gasteiger partial charge in [0.2, 0.25) is 11.8 Å². The number of hydrogen-bond acceptors (Lipinski definition) is 7. The molecule has 120 valence electrons. The summed E-state index contributed by atoms with van der Waals surface area (Å²) >= 11 is 0. The van der Waals surface area contributed by atoms with Gasteiger partial charge in [0.05, 0.1) is 4.92 Å². The van der Waals surface area contributed by atoms with Crippen LogP contribution in [0.25, 0.3) is 0 Å². The minimum absolute atomic E-state index is 0.156. The average Bonchev–Trinajstić information content (AvgIpc) is 2.54. The number of nitrogens with zero attached hydrogens (tertiary/aromatic N) is 4. The zero-order valence-corrected chi connectivity index (χ0v) is 12.7. The summed E-state index contributed by atoms with van der Waals surface area (Å²) in [7, 11) is 3.31. The summed E-state index contributed by atoms with van der Waals surface area (Å²) in [6.45, 7) is 0.464. The third-order valence-corrected chi connectivity index (χ3v) is 3.19. The first-order chi connectivity index (χ1) is 10.9. The molecular weight excluding hydrogens is 300 g/mol. The number of nitrogens with one attached hydrogen (secondary N) is 1. The number of rotatable bonds is 5. The molecule has 1 aromatic carbocycles. The molecule has 0 aliphatic rings. The molecule has 0 saturated heterocycles. The van der Waals surface area contributed by atoms with E-state index in [0.29, 0.717) is 12.1 Å². The Balaban J connectivity index is 2.12. The molecule has 0 fully saturated rings. The molecule has 0 spiro atoms. The monoisotopic (exact) mass is 316 g/mol. The molecule has 2 rings (SSSR count). The zero-order chi connectivity index (χ0) is 17.0. The van der Waals surface area contributed by atoms with Crippen molar-refractivity contribution in [2.75, 3.05) is 24.7 Å². The van der Waals surface area contributed by atoms with E-state index < -0.39 is 4.92 Å². The van der Waals surface area contributed by atoms with Gasteiger partial charge in [-0.2, -0.15) is 4.98 Å². The van der Waals surface area contributed by atoms with E-state index in [-0.39, 0.29) is 23.4 Å². The number of nitrogen functional groups attached to an aromatic ring is 1. The number of amides is 1. The highest BCUT2D eigenvalue weighted by Crippen LogP contribution is 2.20. The fourth-order valence-electron chi connectivity index (χ4n) is 1.95. The van der Waals surface area contributed by atoms with Gasteiger partial charge in [-0.25, -0.2) is 4.98 Å². The summed E-state index contributed by atoms with van der Waals surface area (Å²) in [4.78, 5) is 31.1. The number of anilines is 2. The van der Waals surface area contributed by atoms with E-state index >= 15 is 0 Å². The van der Waals surface area contributed by atoms with E-state index in [1.807, 2.05) is 12.1 Å². The predicted octanol–water partition coefficient (Wildman–Crippen LogP) is 0.963. The van der Waals surface area contributed by atoms with Crippen molar-refractivity contribution in [3.05, 3.63) is 51.7 Å². The largest absolute Gasteiger partial charge is 0.378 e. The maximum absolute atomic E-state index is 11.5. The number of hydrogen-bond donors (Lipinski definition) is 2. The van der Waals surface area contributed by atoms with Gasteiger partial charge in [-0.3, -0.25) is 14.9 Å². The topological polar surface area (TPSA) is 127 Å². The quantitative estimate of drug-likeness (QED) is 0.621. The Kier molecular flexibility index (Phi) is 4.69. The van der Waals surface area contributed by atoms with Gasteiger partial charge in [-0.15, -0.1) is 0 Å². The Morgan fingerprint density at radius 2 is 2.04 bits per heavy atom. The van der Waals surface area contributed by atoms with Gasteiger partial charge in [0.15, 0.2) is 0 Å². The molecule has 0 aliphatic carbocycles. The lowest BCUT2D eigenvalue weighted by molar-refractivity contribution is -0.384. The minimum atomic E-state index is -0.628. The van der Waals surface area contributed by atoms with Crippen molar-refractivity contribution < 1.29 is 9.72 Å². The summed E-state index contributed by atoms with van der Waals surface area (Å²) in [5.74, 6) is -0.0540. The highest BCUT2D eigenvalue weighted by Gasteiger charge is 2.16. The molecule has 0 unspecified atom stereocenters. The van der Waals surface area contributed by atoms with Gasteiger partial charge < -0.3 is 16.0 Å². The first-order valence-corrected chi connectivity index (χ1v) is 6.71. The summed E-state index contributed by atoms with van der Waals surface area (Å²) in [6, 6.07) is 7.06. The highest BCUT2D eigenvalue weighted by atomic mass is 16.6. The highest BCUT2D eigenvalue weighted by molar-refractivity contribution is 5.93. The first kappa shape index (κ1) is 16.1. The Hall–Kier alpha value is -3.23. The Morgan fingerprint density at radius 3 is 2.57 bits per heavy atom. The molecule has 1 amide bonds. The average molecular weight is 316 g/mol. The molecule has 0 saturated carbocycles. The third kappa shape index (κ3) is 3.70. The second kappa shape index (κ2) is 6.69. The van der Waals surface area contributed by atoms with Crippen LogP contribution in [0.3, 0.4) is 0 Å². The van der Waals surface area contributed by atoms with Crippen LogP contribution in [0.15, 0.2) is 30.5 Å². The standard InChI is InChI=1S/C14H16N6O3/c1-16-13(21)10-5-3-9(4-6-10)8-19(2)14-17-7-11(20(22)23)12(15)18-14/h3-7H,8H2,1-2H3,(H,16,21)(H2,15,17,18). The van der Waals surface area contributed by atoms with E-state index in [4.69, 9.17) is 5.73 Å². The van der Waals surface area contributed by atoms with Crippen molar-refractivity contribution in [3.63, 3.8) is 0 Å². The normalized spacial score (nSPS) is 10.2. The SMILES string of the molecule is CNC(=O)c1ccc(CN(C)c2ncc([N+](=O)[O-])c(N)n2)cc1. The summed E-state index contributed by atoms with van der Waals surface area (Å²) in [6.07, 6.45) is 1.09. The smallest absolute Gasteiger partial charge is 0.329 e. The van der Waals surface area contributed by atoms with Crippen LogP contribution in [0, 0.1) is 10.1 Å². The number of aromatic nitrogens is 2. The van der Waals surface area contributed by atoms with Crippen molar-refractivity contribution in [2.45, 2.75) is 6.54 Å². The van der Waals surface area contributed by atoms with Crippen LogP contribution < -0.4 is 16.0 Å². The van der Waals surface area contributed by atoms with Crippen LogP contribution in [0.5, 0.6) is 0 Å². The first-order valence-electron chi connectivity index (χ1n) is 6.71. The Morgan fingerprint density at radius 1 is 1.39 bits per heavy atom. The maximum Gasteiger partial charge on any atom is 0.329 e.